The maximum atomic E-state index is 12.2. The van der Waals surface area contributed by atoms with Crippen molar-refractivity contribution in [2.24, 2.45) is 0 Å². The molecule has 0 unspecified atom stereocenters. The molecule has 0 aliphatic carbocycles. The Bertz CT molecular complexity index is 1160. The lowest BCUT2D eigenvalue weighted by Gasteiger charge is -2.06. The standard InChI is InChI=1S/C20H21N7O/c1-4-27-22-10-18(25-27)24-19(28)12-26-11-16(9-21-26)20-14(3)8-15-6-5-13(2)7-17(15)23-20/h5-11H,4,12H2,1-3H3,(H,24,25,28). The lowest BCUT2D eigenvalue weighted by molar-refractivity contribution is -0.116. The molecule has 8 heteroatoms. The molecule has 0 saturated heterocycles. The van der Waals surface area contributed by atoms with Gasteiger partial charge in [0.15, 0.2) is 5.82 Å². The summed E-state index contributed by atoms with van der Waals surface area (Å²) in [6, 6.07) is 8.35. The van der Waals surface area contributed by atoms with Crippen molar-refractivity contribution in [3.63, 3.8) is 0 Å². The fourth-order valence-corrected chi connectivity index (χ4v) is 3.08. The second-order valence-corrected chi connectivity index (χ2v) is 6.74. The van der Waals surface area contributed by atoms with Gasteiger partial charge in [0.2, 0.25) is 5.91 Å². The summed E-state index contributed by atoms with van der Waals surface area (Å²) >= 11 is 0. The van der Waals surface area contributed by atoms with Crippen molar-refractivity contribution in [3.05, 3.63) is 54.0 Å². The molecule has 0 radical (unpaired) electrons. The summed E-state index contributed by atoms with van der Waals surface area (Å²) in [6.45, 7) is 6.75. The number of carbonyl (C=O) groups excluding carboxylic acids is 1. The number of anilines is 1. The fraction of sp³-hybridized carbons (Fsp3) is 0.250. The van der Waals surface area contributed by atoms with Crippen molar-refractivity contribution >= 4 is 22.6 Å². The van der Waals surface area contributed by atoms with Crippen molar-refractivity contribution in [2.75, 3.05) is 5.32 Å². The summed E-state index contributed by atoms with van der Waals surface area (Å²) in [4.78, 5) is 18.6. The number of amides is 1. The first-order valence-electron chi connectivity index (χ1n) is 9.12. The molecule has 0 aliphatic rings. The highest BCUT2D eigenvalue weighted by molar-refractivity contribution is 5.89. The number of rotatable bonds is 5. The van der Waals surface area contributed by atoms with Gasteiger partial charge in [0.25, 0.3) is 0 Å². The molecule has 28 heavy (non-hydrogen) atoms. The van der Waals surface area contributed by atoms with E-state index in [0.717, 1.165) is 27.7 Å². The quantitative estimate of drug-likeness (QED) is 0.579. The number of benzene rings is 1. The van der Waals surface area contributed by atoms with E-state index in [1.165, 1.54) is 16.6 Å². The van der Waals surface area contributed by atoms with E-state index >= 15 is 0 Å². The van der Waals surface area contributed by atoms with Gasteiger partial charge in [-0.3, -0.25) is 9.48 Å². The number of aryl methyl sites for hydroxylation is 3. The van der Waals surface area contributed by atoms with Crippen LogP contribution >= 0.6 is 0 Å². The highest BCUT2D eigenvalue weighted by atomic mass is 16.2. The molecule has 4 aromatic rings. The van der Waals surface area contributed by atoms with Gasteiger partial charge in [0, 0.05) is 17.1 Å². The van der Waals surface area contributed by atoms with Crippen LogP contribution in [0.25, 0.3) is 22.2 Å². The molecule has 0 aliphatic heterocycles. The maximum absolute atomic E-state index is 12.2. The summed E-state index contributed by atoms with van der Waals surface area (Å²) in [5.74, 6) is 0.221. The molecule has 8 nitrogen and oxygen atoms in total. The van der Waals surface area contributed by atoms with Crippen LogP contribution in [-0.2, 0) is 17.9 Å². The lowest BCUT2D eigenvalue weighted by atomic mass is 10.1. The van der Waals surface area contributed by atoms with Gasteiger partial charge in [-0.05, 0) is 44.0 Å². The Hall–Kier alpha value is -3.55. The van der Waals surface area contributed by atoms with E-state index < -0.39 is 0 Å². The first-order valence-corrected chi connectivity index (χ1v) is 9.12. The van der Waals surface area contributed by atoms with Crippen molar-refractivity contribution in [1.82, 2.24) is 29.8 Å². The Morgan fingerprint density at radius 1 is 1.14 bits per heavy atom. The average Bonchev–Trinajstić information content (AvgIpc) is 3.31. The molecule has 0 fully saturated rings. The van der Waals surface area contributed by atoms with Crippen molar-refractivity contribution in [3.8, 4) is 11.3 Å². The topological polar surface area (TPSA) is 90.5 Å². The Morgan fingerprint density at radius 2 is 2.00 bits per heavy atom. The van der Waals surface area contributed by atoms with Crippen LogP contribution in [0.5, 0.6) is 0 Å². The zero-order valence-corrected chi connectivity index (χ0v) is 16.0. The van der Waals surface area contributed by atoms with Crippen LogP contribution in [-0.4, -0.2) is 35.7 Å². The van der Waals surface area contributed by atoms with Crippen LogP contribution in [0.2, 0.25) is 0 Å². The van der Waals surface area contributed by atoms with Gasteiger partial charge in [-0.2, -0.15) is 15.0 Å². The highest BCUT2D eigenvalue weighted by Gasteiger charge is 2.11. The Kier molecular flexibility index (Phi) is 4.60. The molecule has 142 valence electrons. The minimum Gasteiger partial charge on any atom is -0.306 e. The first-order chi connectivity index (χ1) is 13.5. The molecular formula is C20H21N7O. The molecule has 3 heterocycles. The van der Waals surface area contributed by atoms with Crippen LogP contribution in [0.4, 0.5) is 5.82 Å². The molecular weight excluding hydrogens is 354 g/mol. The van der Waals surface area contributed by atoms with Crippen molar-refractivity contribution in [1.29, 1.82) is 0 Å². The third kappa shape index (κ3) is 3.62. The van der Waals surface area contributed by atoms with Crippen LogP contribution in [0.15, 0.2) is 42.9 Å². The van der Waals surface area contributed by atoms with Gasteiger partial charge in [-0.1, -0.05) is 12.1 Å². The number of nitrogens with one attached hydrogen (secondary N) is 1. The number of fused-ring (bicyclic) bond motifs is 1. The van der Waals surface area contributed by atoms with Gasteiger partial charge in [-0.15, -0.1) is 5.10 Å². The molecule has 1 aromatic carbocycles. The van der Waals surface area contributed by atoms with Crippen LogP contribution in [0.1, 0.15) is 18.1 Å². The monoisotopic (exact) mass is 375 g/mol. The van der Waals surface area contributed by atoms with Crippen molar-refractivity contribution in [2.45, 2.75) is 33.9 Å². The fourth-order valence-electron chi connectivity index (χ4n) is 3.08. The number of nitrogens with zero attached hydrogens (tertiary/aromatic N) is 6. The van der Waals surface area contributed by atoms with E-state index in [2.05, 4.69) is 51.8 Å². The third-order valence-electron chi connectivity index (χ3n) is 4.46. The van der Waals surface area contributed by atoms with Gasteiger partial charge in [-0.25, -0.2) is 4.98 Å². The number of pyridine rings is 1. The molecule has 1 amide bonds. The van der Waals surface area contributed by atoms with Crippen LogP contribution in [0, 0.1) is 13.8 Å². The molecule has 0 bridgehead atoms. The summed E-state index contributed by atoms with van der Waals surface area (Å²) < 4.78 is 1.59. The Labute approximate surface area is 162 Å². The number of hydrogen-bond acceptors (Lipinski definition) is 5. The third-order valence-corrected chi connectivity index (χ3v) is 4.46. The Morgan fingerprint density at radius 3 is 2.79 bits per heavy atom. The summed E-state index contributed by atoms with van der Waals surface area (Å²) in [5.41, 5.74) is 4.94. The van der Waals surface area contributed by atoms with E-state index in [0.29, 0.717) is 12.4 Å². The molecule has 0 spiro atoms. The summed E-state index contributed by atoms with van der Waals surface area (Å²) in [5, 5.41) is 16.3. The van der Waals surface area contributed by atoms with E-state index in [4.69, 9.17) is 4.98 Å². The molecule has 3 aromatic heterocycles. The SMILES string of the molecule is CCn1ncc(NC(=O)Cn2cc(-c3nc4cc(C)ccc4cc3C)cn2)n1. The lowest BCUT2D eigenvalue weighted by Crippen LogP contribution is -2.19. The van der Waals surface area contributed by atoms with Gasteiger partial charge in [0.1, 0.15) is 6.54 Å². The van der Waals surface area contributed by atoms with E-state index in [1.807, 2.05) is 20.0 Å². The largest absolute Gasteiger partial charge is 0.306 e. The number of aromatic nitrogens is 6. The number of hydrogen-bond donors (Lipinski definition) is 1. The summed E-state index contributed by atoms with van der Waals surface area (Å²) in [6.07, 6.45) is 5.09. The molecule has 0 atom stereocenters. The normalized spacial score (nSPS) is 11.1. The van der Waals surface area contributed by atoms with E-state index in [-0.39, 0.29) is 12.5 Å². The molecule has 0 saturated carbocycles. The van der Waals surface area contributed by atoms with Crippen LogP contribution < -0.4 is 5.32 Å². The van der Waals surface area contributed by atoms with E-state index in [1.54, 1.807) is 10.9 Å². The predicted octanol–water partition coefficient (Wildman–Crippen LogP) is 2.97. The van der Waals surface area contributed by atoms with Gasteiger partial charge < -0.3 is 5.32 Å². The summed E-state index contributed by atoms with van der Waals surface area (Å²) in [7, 11) is 0. The predicted molar refractivity (Wildman–Crippen MR) is 107 cm³/mol. The molecule has 1 N–H and O–H groups in total. The zero-order chi connectivity index (χ0) is 19.7. The maximum Gasteiger partial charge on any atom is 0.247 e. The number of carbonyl (C=O) groups is 1. The van der Waals surface area contributed by atoms with E-state index in [9.17, 15) is 4.79 Å². The smallest absolute Gasteiger partial charge is 0.247 e. The van der Waals surface area contributed by atoms with Crippen molar-refractivity contribution < 1.29 is 4.79 Å². The second-order valence-electron chi connectivity index (χ2n) is 6.74. The Balaban J connectivity index is 1.53. The minimum absolute atomic E-state index is 0.0880. The average molecular weight is 375 g/mol. The van der Waals surface area contributed by atoms with Crippen LogP contribution in [0.3, 0.4) is 0 Å². The zero-order valence-electron chi connectivity index (χ0n) is 16.0. The second kappa shape index (κ2) is 7.22. The minimum atomic E-state index is -0.211. The first kappa shape index (κ1) is 17.8. The molecule has 4 rings (SSSR count). The van der Waals surface area contributed by atoms with Gasteiger partial charge >= 0.3 is 0 Å². The highest BCUT2D eigenvalue weighted by Crippen LogP contribution is 2.25. The van der Waals surface area contributed by atoms with Gasteiger partial charge in [0.05, 0.1) is 30.1 Å².